The lowest BCUT2D eigenvalue weighted by atomic mass is 9.99. The Labute approximate surface area is 107 Å². The number of amides is 2. The van der Waals surface area contributed by atoms with Gasteiger partial charge in [0.15, 0.2) is 0 Å². The van der Waals surface area contributed by atoms with E-state index in [0.29, 0.717) is 13.0 Å². The van der Waals surface area contributed by atoms with E-state index in [1.165, 1.54) is 0 Å². The van der Waals surface area contributed by atoms with Gasteiger partial charge in [-0.1, -0.05) is 20.3 Å². The Balaban J connectivity index is 2.48. The van der Waals surface area contributed by atoms with Crippen molar-refractivity contribution in [1.29, 1.82) is 0 Å². The molecular formula is C12H22N2O4. The summed E-state index contributed by atoms with van der Waals surface area (Å²) >= 11 is 0. The normalized spacial score (nSPS) is 26.4. The number of carboxylic acid groups (broad SMARTS) is 1. The molecule has 6 nitrogen and oxygen atoms in total. The molecule has 0 radical (unpaired) electrons. The Hall–Kier alpha value is -1.30. The number of carbonyl (C=O) groups is 2. The third-order valence-electron chi connectivity index (χ3n) is 3.46. The molecule has 0 aromatic rings. The predicted octanol–water partition coefficient (Wildman–Crippen LogP) is 0.962. The van der Waals surface area contributed by atoms with Gasteiger partial charge >= 0.3 is 12.0 Å². The van der Waals surface area contributed by atoms with Gasteiger partial charge in [0.2, 0.25) is 0 Å². The minimum Gasteiger partial charge on any atom is -0.480 e. The van der Waals surface area contributed by atoms with Crippen LogP contribution >= 0.6 is 0 Å². The van der Waals surface area contributed by atoms with Gasteiger partial charge in [-0.15, -0.1) is 0 Å². The summed E-state index contributed by atoms with van der Waals surface area (Å²) < 4.78 is 5.33. The first-order valence-corrected chi connectivity index (χ1v) is 6.37. The van der Waals surface area contributed by atoms with E-state index in [1.54, 1.807) is 6.92 Å². The first-order chi connectivity index (χ1) is 8.45. The number of hydrogen-bond acceptors (Lipinski definition) is 3. The van der Waals surface area contributed by atoms with Crippen LogP contribution in [0.15, 0.2) is 0 Å². The molecule has 0 saturated carbocycles. The second-order valence-corrected chi connectivity index (χ2v) is 4.79. The fourth-order valence-corrected chi connectivity index (χ4v) is 1.96. The molecule has 0 aliphatic carbocycles. The molecule has 0 aromatic carbocycles. The Morgan fingerprint density at radius 1 is 1.50 bits per heavy atom. The molecule has 18 heavy (non-hydrogen) atoms. The average molecular weight is 258 g/mol. The Kier molecular flexibility index (Phi) is 5.40. The fraction of sp³-hybridized carbons (Fsp3) is 0.833. The minimum atomic E-state index is -1.00. The van der Waals surface area contributed by atoms with E-state index >= 15 is 0 Å². The van der Waals surface area contributed by atoms with E-state index in [1.807, 2.05) is 13.8 Å². The highest BCUT2D eigenvalue weighted by Crippen LogP contribution is 2.13. The van der Waals surface area contributed by atoms with Crippen LogP contribution in [-0.4, -0.2) is 41.9 Å². The van der Waals surface area contributed by atoms with E-state index in [0.717, 1.165) is 6.42 Å². The van der Waals surface area contributed by atoms with Crippen LogP contribution in [0.5, 0.6) is 0 Å². The standard InChI is InChI=1S/C12H22N2O4/c1-4-7(2)10(11(15)16)14-12(17)13-9-5-6-18-8(9)3/h7-10H,4-6H2,1-3H3,(H,15,16)(H2,13,14,17)/t7?,8?,9?,10-/m0/s1. The van der Waals surface area contributed by atoms with Crippen molar-refractivity contribution >= 4 is 12.0 Å². The number of nitrogens with one attached hydrogen (secondary N) is 2. The predicted molar refractivity (Wildman–Crippen MR) is 66.4 cm³/mol. The van der Waals surface area contributed by atoms with Crippen molar-refractivity contribution in [3.63, 3.8) is 0 Å². The molecule has 0 spiro atoms. The van der Waals surface area contributed by atoms with Crippen molar-refractivity contribution in [2.24, 2.45) is 5.92 Å². The molecule has 0 aromatic heterocycles. The second-order valence-electron chi connectivity index (χ2n) is 4.79. The highest BCUT2D eigenvalue weighted by Gasteiger charge is 2.29. The molecule has 4 atom stereocenters. The van der Waals surface area contributed by atoms with E-state index in [4.69, 9.17) is 9.84 Å². The summed E-state index contributed by atoms with van der Waals surface area (Å²) in [7, 11) is 0. The number of hydrogen-bond donors (Lipinski definition) is 3. The highest BCUT2D eigenvalue weighted by molar-refractivity contribution is 5.82. The van der Waals surface area contributed by atoms with Gasteiger partial charge in [-0.3, -0.25) is 0 Å². The van der Waals surface area contributed by atoms with Crippen LogP contribution in [0.1, 0.15) is 33.6 Å². The molecule has 1 fully saturated rings. The summed E-state index contributed by atoms with van der Waals surface area (Å²) in [6.45, 7) is 6.22. The molecule has 1 heterocycles. The van der Waals surface area contributed by atoms with Crippen molar-refractivity contribution in [1.82, 2.24) is 10.6 Å². The van der Waals surface area contributed by atoms with Crippen LogP contribution in [0.2, 0.25) is 0 Å². The molecule has 2 amide bonds. The van der Waals surface area contributed by atoms with E-state index in [9.17, 15) is 9.59 Å². The van der Waals surface area contributed by atoms with Crippen LogP contribution in [-0.2, 0) is 9.53 Å². The molecule has 6 heteroatoms. The van der Waals surface area contributed by atoms with Gasteiger partial charge in [-0.25, -0.2) is 9.59 Å². The smallest absolute Gasteiger partial charge is 0.326 e. The van der Waals surface area contributed by atoms with Gasteiger partial charge in [0, 0.05) is 6.61 Å². The van der Waals surface area contributed by atoms with E-state index in [-0.39, 0.29) is 18.1 Å². The number of rotatable bonds is 5. The summed E-state index contributed by atoms with van der Waals surface area (Å²) in [5, 5.41) is 14.3. The number of ether oxygens (including phenoxy) is 1. The van der Waals surface area contributed by atoms with Gasteiger partial charge < -0.3 is 20.5 Å². The van der Waals surface area contributed by atoms with Gasteiger partial charge in [0.1, 0.15) is 6.04 Å². The van der Waals surface area contributed by atoms with Crippen molar-refractivity contribution in [2.75, 3.05) is 6.61 Å². The molecule has 1 aliphatic rings. The Bertz CT molecular complexity index is 308. The highest BCUT2D eigenvalue weighted by atomic mass is 16.5. The summed E-state index contributed by atoms with van der Waals surface area (Å²) in [5.41, 5.74) is 0. The Morgan fingerprint density at radius 2 is 2.17 bits per heavy atom. The molecule has 3 unspecified atom stereocenters. The number of urea groups is 1. The lowest BCUT2D eigenvalue weighted by Crippen LogP contribution is -2.52. The zero-order valence-electron chi connectivity index (χ0n) is 11.1. The third kappa shape index (κ3) is 3.87. The maximum absolute atomic E-state index is 11.7. The van der Waals surface area contributed by atoms with Crippen LogP contribution in [0.4, 0.5) is 4.79 Å². The first kappa shape index (κ1) is 14.8. The van der Waals surface area contributed by atoms with Gasteiger partial charge in [0.25, 0.3) is 0 Å². The minimum absolute atomic E-state index is 0.0253. The summed E-state index contributed by atoms with van der Waals surface area (Å²) in [6.07, 6.45) is 1.43. The van der Waals surface area contributed by atoms with E-state index in [2.05, 4.69) is 10.6 Å². The van der Waals surface area contributed by atoms with Crippen molar-refractivity contribution in [3.05, 3.63) is 0 Å². The van der Waals surface area contributed by atoms with Crippen LogP contribution in [0, 0.1) is 5.92 Å². The summed E-state index contributed by atoms with van der Waals surface area (Å²) in [5.74, 6) is -1.11. The van der Waals surface area contributed by atoms with Crippen LogP contribution in [0.25, 0.3) is 0 Å². The largest absolute Gasteiger partial charge is 0.480 e. The van der Waals surface area contributed by atoms with Gasteiger partial charge in [0.05, 0.1) is 12.1 Å². The third-order valence-corrected chi connectivity index (χ3v) is 3.46. The summed E-state index contributed by atoms with van der Waals surface area (Å²) in [4.78, 5) is 22.8. The molecule has 3 N–H and O–H groups in total. The molecule has 1 saturated heterocycles. The zero-order chi connectivity index (χ0) is 13.7. The molecule has 0 bridgehead atoms. The zero-order valence-corrected chi connectivity index (χ0v) is 11.1. The van der Waals surface area contributed by atoms with Crippen molar-refractivity contribution < 1.29 is 19.4 Å². The molecule has 1 rings (SSSR count). The van der Waals surface area contributed by atoms with Gasteiger partial charge in [-0.05, 0) is 19.3 Å². The average Bonchev–Trinajstić information content (AvgIpc) is 2.70. The maximum Gasteiger partial charge on any atom is 0.326 e. The molecule has 1 aliphatic heterocycles. The topological polar surface area (TPSA) is 87.7 Å². The lowest BCUT2D eigenvalue weighted by Gasteiger charge is -2.22. The Morgan fingerprint density at radius 3 is 2.61 bits per heavy atom. The number of carbonyl (C=O) groups excluding carboxylic acids is 1. The van der Waals surface area contributed by atoms with Crippen LogP contribution in [0.3, 0.4) is 0 Å². The lowest BCUT2D eigenvalue weighted by molar-refractivity contribution is -0.140. The fourth-order valence-electron chi connectivity index (χ4n) is 1.96. The van der Waals surface area contributed by atoms with Gasteiger partial charge in [-0.2, -0.15) is 0 Å². The maximum atomic E-state index is 11.7. The SMILES string of the molecule is CCC(C)[C@H](NC(=O)NC1CCOC1C)C(=O)O. The quantitative estimate of drug-likeness (QED) is 0.685. The van der Waals surface area contributed by atoms with Crippen molar-refractivity contribution in [3.8, 4) is 0 Å². The van der Waals surface area contributed by atoms with Crippen molar-refractivity contribution in [2.45, 2.75) is 51.8 Å². The number of aliphatic carboxylic acids is 1. The molecule has 104 valence electrons. The van der Waals surface area contributed by atoms with Crippen LogP contribution < -0.4 is 10.6 Å². The second kappa shape index (κ2) is 6.58. The number of carboxylic acids is 1. The monoisotopic (exact) mass is 258 g/mol. The summed E-state index contributed by atoms with van der Waals surface area (Å²) in [6, 6.07) is -1.34. The first-order valence-electron chi connectivity index (χ1n) is 6.37. The van der Waals surface area contributed by atoms with E-state index < -0.39 is 18.0 Å². The molecular weight excluding hydrogens is 236 g/mol.